The summed E-state index contributed by atoms with van der Waals surface area (Å²) in [6, 6.07) is 13.3. The molecule has 0 radical (unpaired) electrons. The third kappa shape index (κ3) is 3.99. The molecule has 5 rings (SSSR count). The first kappa shape index (κ1) is 19.6. The molecule has 4 aromatic heterocycles. The average molecular weight is 452 g/mol. The number of benzene rings is 1. The van der Waals surface area contributed by atoms with Crippen LogP contribution in [0.25, 0.3) is 21.6 Å². The first-order valence-corrected chi connectivity index (χ1v) is 11.3. The van der Waals surface area contributed by atoms with Gasteiger partial charge in [0.15, 0.2) is 11.0 Å². The van der Waals surface area contributed by atoms with Gasteiger partial charge in [0.25, 0.3) is 5.56 Å². The number of aromatic amines is 1. The maximum absolute atomic E-state index is 12.2. The van der Waals surface area contributed by atoms with Gasteiger partial charge in [-0.1, -0.05) is 11.8 Å². The number of H-pyrrole nitrogens is 1. The van der Waals surface area contributed by atoms with E-state index < -0.39 is 0 Å². The molecule has 0 bridgehead atoms. The Bertz CT molecular complexity index is 1370. The van der Waals surface area contributed by atoms with E-state index in [2.05, 4.69) is 20.2 Å². The van der Waals surface area contributed by atoms with Crippen LogP contribution in [0.15, 0.2) is 68.5 Å². The Labute approximate surface area is 184 Å². The van der Waals surface area contributed by atoms with E-state index in [1.54, 1.807) is 13.4 Å². The highest BCUT2D eigenvalue weighted by Crippen LogP contribution is 2.28. The molecule has 0 unspecified atom stereocenters. The first-order chi connectivity index (χ1) is 15.2. The van der Waals surface area contributed by atoms with E-state index >= 15 is 0 Å². The SMILES string of the molecule is COc1ccc(-c2nnc(SCc3nc4ccsc4c(=O)[nH]3)n2Cc2ccco2)cc1. The third-order valence-electron chi connectivity index (χ3n) is 4.66. The van der Waals surface area contributed by atoms with Crippen molar-refractivity contribution in [2.24, 2.45) is 0 Å². The molecule has 0 atom stereocenters. The van der Waals surface area contributed by atoms with Crippen molar-refractivity contribution in [3.63, 3.8) is 0 Å². The van der Waals surface area contributed by atoms with E-state index in [1.165, 1.54) is 23.1 Å². The van der Waals surface area contributed by atoms with Gasteiger partial charge in [0.1, 0.15) is 22.0 Å². The zero-order chi connectivity index (χ0) is 21.2. The van der Waals surface area contributed by atoms with Crippen LogP contribution in [0.2, 0.25) is 0 Å². The molecule has 0 saturated carbocycles. The second kappa shape index (κ2) is 8.40. The molecule has 1 N–H and O–H groups in total. The monoisotopic (exact) mass is 451 g/mol. The predicted molar refractivity (Wildman–Crippen MR) is 120 cm³/mol. The number of rotatable bonds is 7. The lowest BCUT2D eigenvalue weighted by atomic mass is 10.2. The number of nitrogens with zero attached hydrogens (tertiary/aromatic N) is 4. The normalized spacial score (nSPS) is 11.3. The Morgan fingerprint density at radius 3 is 2.84 bits per heavy atom. The summed E-state index contributed by atoms with van der Waals surface area (Å²) in [7, 11) is 1.63. The van der Waals surface area contributed by atoms with Crippen molar-refractivity contribution in [1.82, 2.24) is 24.7 Å². The van der Waals surface area contributed by atoms with Gasteiger partial charge in [-0.2, -0.15) is 0 Å². The lowest BCUT2D eigenvalue weighted by Crippen LogP contribution is -2.10. The van der Waals surface area contributed by atoms with Crippen LogP contribution in [0.1, 0.15) is 11.6 Å². The number of ether oxygens (including phenoxy) is 1. The number of thiophene rings is 1. The van der Waals surface area contributed by atoms with Gasteiger partial charge in [0, 0.05) is 5.56 Å². The van der Waals surface area contributed by atoms with Gasteiger partial charge in [-0.3, -0.25) is 9.36 Å². The highest BCUT2D eigenvalue weighted by atomic mass is 32.2. The van der Waals surface area contributed by atoms with Crippen molar-refractivity contribution in [3.05, 3.63) is 76.0 Å². The van der Waals surface area contributed by atoms with Crippen LogP contribution in [0.5, 0.6) is 5.75 Å². The Kier molecular flexibility index (Phi) is 5.31. The number of furan rings is 1. The minimum atomic E-state index is -0.119. The molecule has 0 spiro atoms. The first-order valence-electron chi connectivity index (χ1n) is 9.40. The van der Waals surface area contributed by atoms with Gasteiger partial charge in [-0.15, -0.1) is 21.5 Å². The van der Waals surface area contributed by atoms with Crippen LogP contribution in [0.3, 0.4) is 0 Å². The van der Waals surface area contributed by atoms with E-state index in [0.717, 1.165) is 22.9 Å². The summed E-state index contributed by atoms with van der Waals surface area (Å²) in [5, 5.41) is 11.4. The van der Waals surface area contributed by atoms with Crippen LogP contribution < -0.4 is 10.3 Å². The van der Waals surface area contributed by atoms with Gasteiger partial charge < -0.3 is 14.1 Å². The zero-order valence-corrected chi connectivity index (χ0v) is 18.1. The highest BCUT2D eigenvalue weighted by Gasteiger charge is 2.17. The van der Waals surface area contributed by atoms with Crippen LogP contribution in [-0.2, 0) is 12.3 Å². The molecule has 0 aliphatic heterocycles. The van der Waals surface area contributed by atoms with E-state index in [0.29, 0.717) is 33.5 Å². The van der Waals surface area contributed by atoms with Gasteiger partial charge in [-0.05, 0) is 47.8 Å². The molecule has 10 heteroatoms. The summed E-state index contributed by atoms with van der Waals surface area (Å²) in [6.07, 6.45) is 1.64. The minimum Gasteiger partial charge on any atom is -0.497 e. The van der Waals surface area contributed by atoms with Gasteiger partial charge in [0.2, 0.25) is 0 Å². The lowest BCUT2D eigenvalue weighted by Gasteiger charge is -2.09. The Morgan fingerprint density at radius 1 is 1.19 bits per heavy atom. The summed E-state index contributed by atoms with van der Waals surface area (Å²) in [5.41, 5.74) is 1.50. The maximum Gasteiger partial charge on any atom is 0.268 e. The molecular weight excluding hydrogens is 434 g/mol. The molecule has 0 fully saturated rings. The maximum atomic E-state index is 12.2. The predicted octanol–water partition coefficient (Wildman–Crippen LogP) is 4.19. The summed E-state index contributed by atoms with van der Waals surface area (Å²) in [4.78, 5) is 19.6. The van der Waals surface area contributed by atoms with Gasteiger partial charge >= 0.3 is 0 Å². The molecule has 0 aliphatic rings. The summed E-state index contributed by atoms with van der Waals surface area (Å²) < 4.78 is 13.4. The molecule has 0 amide bonds. The fourth-order valence-electron chi connectivity index (χ4n) is 3.17. The number of aromatic nitrogens is 5. The molecule has 0 saturated heterocycles. The molecule has 31 heavy (non-hydrogen) atoms. The van der Waals surface area contributed by atoms with E-state index in [1.807, 2.05) is 52.4 Å². The number of fused-ring (bicyclic) bond motifs is 1. The Morgan fingerprint density at radius 2 is 2.06 bits per heavy atom. The molecule has 5 aromatic rings. The Balaban J connectivity index is 1.46. The Hall–Kier alpha value is -3.37. The minimum absolute atomic E-state index is 0.119. The number of nitrogens with one attached hydrogen (secondary N) is 1. The van der Waals surface area contributed by atoms with Crippen LogP contribution >= 0.6 is 23.1 Å². The van der Waals surface area contributed by atoms with E-state index in [4.69, 9.17) is 9.15 Å². The zero-order valence-electron chi connectivity index (χ0n) is 16.4. The fraction of sp³-hybridized carbons (Fsp3) is 0.143. The van der Waals surface area contributed by atoms with Crippen molar-refractivity contribution in [2.75, 3.05) is 7.11 Å². The third-order valence-corrected chi connectivity index (χ3v) is 6.54. The lowest BCUT2D eigenvalue weighted by molar-refractivity contribution is 0.415. The molecular formula is C21H17N5O3S2. The topological polar surface area (TPSA) is 98.8 Å². The standard InChI is InChI=1S/C21H17N5O3S2/c1-28-14-6-4-13(5-7-14)19-24-25-21(26(19)11-15-3-2-9-29-15)31-12-17-22-16-8-10-30-18(16)20(27)23-17/h2-10H,11-12H2,1H3,(H,22,23,27). The highest BCUT2D eigenvalue weighted by molar-refractivity contribution is 7.98. The number of hydrogen-bond acceptors (Lipinski definition) is 8. The van der Waals surface area contributed by atoms with Crippen LogP contribution in [0.4, 0.5) is 0 Å². The molecule has 8 nitrogen and oxygen atoms in total. The molecule has 156 valence electrons. The second-order valence-corrected chi connectivity index (χ2v) is 8.50. The second-order valence-electron chi connectivity index (χ2n) is 6.64. The molecule has 1 aromatic carbocycles. The number of methoxy groups -OCH3 is 1. The van der Waals surface area contributed by atoms with E-state index in [-0.39, 0.29) is 5.56 Å². The quantitative estimate of drug-likeness (QED) is 0.371. The molecule has 0 aliphatic carbocycles. The van der Waals surface area contributed by atoms with Crippen LogP contribution in [0, 0.1) is 0 Å². The van der Waals surface area contributed by atoms with Crippen molar-refractivity contribution in [2.45, 2.75) is 17.5 Å². The largest absolute Gasteiger partial charge is 0.497 e. The van der Waals surface area contributed by atoms with Crippen LogP contribution in [-0.4, -0.2) is 31.8 Å². The van der Waals surface area contributed by atoms with Crippen molar-refractivity contribution < 1.29 is 9.15 Å². The fourth-order valence-corrected chi connectivity index (χ4v) is 4.71. The molecule has 4 heterocycles. The summed E-state index contributed by atoms with van der Waals surface area (Å²) >= 11 is 2.85. The van der Waals surface area contributed by atoms with Crippen molar-refractivity contribution in [3.8, 4) is 17.1 Å². The van der Waals surface area contributed by atoms with E-state index in [9.17, 15) is 4.79 Å². The van der Waals surface area contributed by atoms with Gasteiger partial charge in [0.05, 0.1) is 31.2 Å². The average Bonchev–Trinajstić information content (AvgIpc) is 3.54. The van der Waals surface area contributed by atoms with Gasteiger partial charge in [-0.25, -0.2) is 4.98 Å². The summed E-state index contributed by atoms with van der Waals surface area (Å²) in [6.45, 7) is 0.483. The summed E-state index contributed by atoms with van der Waals surface area (Å²) in [5.74, 6) is 3.34. The van der Waals surface area contributed by atoms with Crippen molar-refractivity contribution >= 4 is 33.3 Å². The number of thioether (sulfide) groups is 1. The van der Waals surface area contributed by atoms with Crippen molar-refractivity contribution in [1.29, 1.82) is 0 Å². The number of hydrogen-bond donors (Lipinski definition) is 1. The smallest absolute Gasteiger partial charge is 0.268 e.